The van der Waals surface area contributed by atoms with Crippen molar-refractivity contribution in [1.29, 1.82) is 0 Å². The highest BCUT2D eigenvalue weighted by Crippen LogP contribution is 2.14. The minimum Gasteiger partial charge on any atom is -0.347 e. The van der Waals surface area contributed by atoms with Crippen molar-refractivity contribution < 1.29 is 9.59 Å². The zero-order chi connectivity index (χ0) is 22.1. The molecule has 2 aromatic rings. The molecule has 6 nitrogen and oxygen atoms in total. The number of rotatable bonds is 9. The average molecular weight is 411 g/mol. The molecule has 0 spiro atoms. The molecule has 0 fully saturated rings. The molecule has 6 heteroatoms. The Labute approximate surface area is 180 Å². The number of benzene rings is 2. The Bertz CT molecular complexity index is 817. The van der Waals surface area contributed by atoms with Gasteiger partial charge in [0, 0.05) is 36.4 Å². The fourth-order valence-corrected chi connectivity index (χ4v) is 2.75. The van der Waals surface area contributed by atoms with Gasteiger partial charge in [0.2, 0.25) is 0 Å². The largest absolute Gasteiger partial charge is 0.347 e. The molecule has 0 bridgehead atoms. The van der Waals surface area contributed by atoms with Gasteiger partial charge < -0.3 is 20.4 Å². The van der Waals surface area contributed by atoms with Crippen molar-refractivity contribution in [2.75, 3.05) is 32.5 Å². The lowest BCUT2D eigenvalue weighted by Crippen LogP contribution is -2.42. The van der Waals surface area contributed by atoms with Crippen LogP contribution >= 0.6 is 0 Å². The van der Waals surface area contributed by atoms with Crippen molar-refractivity contribution >= 4 is 17.6 Å². The molecular weight excluding hydrogens is 376 g/mol. The topological polar surface area (TPSA) is 64.7 Å². The molecule has 0 aliphatic heterocycles. The summed E-state index contributed by atoms with van der Waals surface area (Å²) >= 11 is 0. The molecule has 0 atom stereocenters. The van der Waals surface area contributed by atoms with Gasteiger partial charge in [-0.1, -0.05) is 37.3 Å². The number of hydrogen-bond acceptors (Lipinski definition) is 3. The normalized spacial score (nSPS) is 11.3. The Morgan fingerprint density at radius 2 is 1.57 bits per heavy atom. The maximum Gasteiger partial charge on any atom is 0.322 e. The number of likely N-dealkylation sites (N-methyl/N-ethyl adjacent to an activating group) is 1. The Morgan fingerprint density at radius 1 is 0.933 bits per heavy atom. The quantitative estimate of drug-likeness (QED) is 0.651. The first-order valence-electron chi connectivity index (χ1n) is 10.4. The van der Waals surface area contributed by atoms with Gasteiger partial charge in [-0.25, -0.2) is 4.79 Å². The summed E-state index contributed by atoms with van der Waals surface area (Å²) in [4.78, 5) is 29.1. The van der Waals surface area contributed by atoms with Crippen molar-refractivity contribution in [2.24, 2.45) is 0 Å². The van der Waals surface area contributed by atoms with Gasteiger partial charge in [-0.2, -0.15) is 0 Å². The van der Waals surface area contributed by atoms with E-state index in [9.17, 15) is 9.59 Å². The predicted molar refractivity (Wildman–Crippen MR) is 123 cm³/mol. The fourth-order valence-electron chi connectivity index (χ4n) is 2.75. The fraction of sp³-hybridized carbons (Fsp3) is 0.417. The molecular formula is C24H34N4O2. The first-order valence-corrected chi connectivity index (χ1v) is 10.4. The van der Waals surface area contributed by atoms with Crippen LogP contribution in [-0.4, -0.2) is 54.5 Å². The summed E-state index contributed by atoms with van der Waals surface area (Å²) in [5, 5.41) is 5.96. The van der Waals surface area contributed by atoms with Crippen LogP contribution in [0.25, 0.3) is 0 Å². The second-order valence-electron chi connectivity index (χ2n) is 8.41. The Balaban J connectivity index is 2.04. The number of urea groups is 1. The predicted octanol–water partition coefficient (Wildman–Crippen LogP) is 4.20. The Hall–Kier alpha value is -2.86. The van der Waals surface area contributed by atoms with E-state index in [0.717, 1.165) is 18.5 Å². The highest BCUT2D eigenvalue weighted by Gasteiger charge is 2.19. The van der Waals surface area contributed by atoms with Gasteiger partial charge in [0.25, 0.3) is 5.91 Å². The number of nitrogens with zero attached hydrogens (tertiary/aromatic N) is 2. The standard InChI is InChI=1S/C24H34N4O2/c1-6-24(2,3)26-22(29)20-12-14-21(15-13-20)25-23(30)28(17-16-27(4)5)18-19-10-8-7-9-11-19/h7-15H,6,16-18H2,1-5H3,(H,25,30)(H,26,29). The van der Waals surface area contributed by atoms with E-state index in [4.69, 9.17) is 0 Å². The third kappa shape index (κ3) is 7.52. The summed E-state index contributed by atoms with van der Waals surface area (Å²) in [6, 6.07) is 16.8. The number of carbonyl (C=O) groups excluding carboxylic acids is 2. The maximum absolute atomic E-state index is 12.9. The van der Waals surface area contributed by atoms with Gasteiger partial charge in [-0.15, -0.1) is 0 Å². The minimum atomic E-state index is -0.256. The molecule has 3 amide bonds. The van der Waals surface area contributed by atoms with Gasteiger partial charge in [0.1, 0.15) is 0 Å². The van der Waals surface area contributed by atoms with E-state index >= 15 is 0 Å². The summed E-state index contributed by atoms with van der Waals surface area (Å²) in [5.41, 5.74) is 2.06. The second kappa shape index (κ2) is 10.8. The third-order valence-corrected chi connectivity index (χ3v) is 5.05. The van der Waals surface area contributed by atoms with Crippen molar-refractivity contribution in [3.05, 3.63) is 65.7 Å². The van der Waals surface area contributed by atoms with Crippen molar-refractivity contribution in [2.45, 2.75) is 39.3 Å². The molecule has 0 radical (unpaired) electrons. The van der Waals surface area contributed by atoms with E-state index in [0.29, 0.717) is 24.3 Å². The van der Waals surface area contributed by atoms with Crippen molar-refractivity contribution in [1.82, 2.24) is 15.1 Å². The van der Waals surface area contributed by atoms with E-state index in [2.05, 4.69) is 15.5 Å². The summed E-state index contributed by atoms with van der Waals surface area (Å²) in [5.74, 6) is -0.114. The van der Waals surface area contributed by atoms with Crippen LogP contribution in [0.15, 0.2) is 54.6 Å². The van der Waals surface area contributed by atoms with Crippen LogP contribution in [0.1, 0.15) is 43.1 Å². The SMILES string of the molecule is CCC(C)(C)NC(=O)c1ccc(NC(=O)N(CCN(C)C)Cc2ccccc2)cc1. The highest BCUT2D eigenvalue weighted by atomic mass is 16.2. The number of carbonyl (C=O) groups is 2. The molecule has 2 rings (SSSR count). The van der Waals surface area contributed by atoms with Gasteiger partial charge in [-0.05, 0) is 64.2 Å². The Morgan fingerprint density at radius 3 is 2.13 bits per heavy atom. The highest BCUT2D eigenvalue weighted by molar-refractivity contribution is 5.96. The monoisotopic (exact) mass is 410 g/mol. The first kappa shape index (κ1) is 23.4. The molecule has 0 saturated carbocycles. The summed E-state index contributed by atoms with van der Waals surface area (Å²) in [6.45, 7) is 7.94. The van der Waals surface area contributed by atoms with Gasteiger partial charge >= 0.3 is 6.03 Å². The molecule has 0 saturated heterocycles. The first-order chi connectivity index (χ1) is 14.2. The number of amides is 3. The molecule has 30 heavy (non-hydrogen) atoms. The van der Waals surface area contributed by atoms with E-state index in [1.54, 1.807) is 29.2 Å². The van der Waals surface area contributed by atoms with E-state index < -0.39 is 0 Å². The van der Waals surface area contributed by atoms with Crippen LogP contribution in [0.4, 0.5) is 10.5 Å². The summed E-state index contributed by atoms with van der Waals surface area (Å²) in [7, 11) is 3.98. The molecule has 162 valence electrons. The summed E-state index contributed by atoms with van der Waals surface area (Å²) < 4.78 is 0. The molecule has 0 aromatic heterocycles. The van der Waals surface area contributed by atoms with Crippen LogP contribution < -0.4 is 10.6 Å². The van der Waals surface area contributed by atoms with Crippen LogP contribution in [0.5, 0.6) is 0 Å². The lowest BCUT2D eigenvalue weighted by Gasteiger charge is -2.25. The second-order valence-corrected chi connectivity index (χ2v) is 8.41. The number of hydrogen-bond donors (Lipinski definition) is 2. The average Bonchev–Trinajstić information content (AvgIpc) is 2.71. The van der Waals surface area contributed by atoms with Gasteiger partial charge in [0.05, 0.1) is 0 Å². The van der Waals surface area contributed by atoms with Crippen LogP contribution in [0.3, 0.4) is 0 Å². The molecule has 0 aliphatic rings. The number of nitrogens with one attached hydrogen (secondary N) is 2. The van der Waals surface area contributed by atoms with E-state index in [-0.39, 0.29) is 17.5 Å². The molecule has 0 heterocycles. The van der Waals surface area contributed by atoms with Crippen LogP contribution in [-0.2, 0) is 6.54 Å². The van der Waals surface area contributed by atoms with E-state index in [1.807, 2.05) is 65.2 Å². The molecule has 2 aromatic carbocycles. The maximum atomic E-state index is 12.9. The lowest BCUT2D eigenvalue weighted by molar-refractivity contribution is 0.0911. The van der Waals surface area contributed by atoms with Crippen molar-refractivity contribution in [3.63, 3.8) is 0 Å². The molecule has 2 N–H and O–H groups in total. The van der Waals surface area contributed by atoms with Gasteiger partial charge in [-0.3, -0.25) is 4.79 Å². The smallest absolute Gasteiger partial charge is 0.322 e. The molecule has 0 aliphatic carbocycles. The minimum absolute atomic E-state index is 0.114. The molecule has 0 unspecified atom stereocenters. The van der Waals surface area contributed by atoms with Gasteiger partial charge in [0.15, 0.2) is 0 Å². The number of anilines is 1. The zero-order valence-electron chi connectivity index (χ0n) is 18.7. The zero-order valence-corrected chi connectivity index (χ0v) is 18.7. The van der Waals surface area contributed by atoms with Crippen LogP contribution in [0.2, 0.25) is 0 Å². The summed E-state index contributed by atoms with van der Waals surface area (Å²) in [6.07, 6.45) is 0.844. The van der Waals surface area contributed by atoms with Crippen LogP contribution in [0, 0.1) is 0 Å². The Kier molecular flexibility index (Phi) is 8.42. The van der Waals surface area contributed by atoms with E-state index in [1.165, 1.54) is 0 Å². The van der Waals surface area contributed by atoms with Crippen molar-refractivity contribution in [3.8, 4) is 0 Å². The lowest BCUT2D eigenvalue weighted by atomic mass is 10.0. The third-order valence-electron chi connectivity index (χ3n) is 5.05.